The molecule has 1 aromatic rings. The molecule has 0 aliphatic carbocycles. The molecule has 0 N–H and O–H groups in total. The van der Waals surface area contributed by atoms with Crippen molar-refractivity contribution in [1.82, 2.24) is 4.90 Å². The highest BCUT2D eigenvalue weighted by Gasteiger charge is 2.17. The van der Waals surface area contributed by atoms with Gasteiger partial charge in [0.1, 0.15) is 11.5 Å². The Morgan fingerprint density at radius 2 is 1.86 bits per heavy atom. The molecule has 0 spiro atoms. The Balaban J connectivity index is 2.03. The van der Waals surface area contributed by atoms with E-state index in [0.29, 0.717) is 30.9 Å². The summed E-state index contributed by atoms with van der Waals surface area (Å²) in [6, 6.07) is 5.48. The Bertz CT molecular complexity index is 467. The number of hydrogen-bond acceptors (Lipinski definition) is 4. The summed E-state index contributed by atoms with van der Waals surface area (Å²) in [5.41, 5.74) is 0.666. The van der Waals surface area contributed by atoms with E-state index >= 15 is 0 Å². The number of nitrogens with zero attached hydrogens (tertiary/aromatic N) is 1. The Morgan fingerprint density at radius 3 is 2.52 bits per heavy atom. The lowest BCUT2D eigenvalue weighted by molar-refractivity contribution is 0.0965. The summed E-state index contributed by atoms with van der Waals surface area (Å²) >= 11 is 0. The lowest BCUT2D eigenvalue weighted by Gasteiger charge is -2.15. The first-order chi connectivity index (χ1) is 10.2. The molecule has 0 bridgehead atoms. The van der Waals surface area contributed by atoms with Crippen LogP contribution in [0.3, 0.4) is 0 Å². The first kappa shape index (κ1) is 15.8. The van der Waals surface area contributed by atoms with E-state index in [-0.39, 0.29) is 5.78 Å². The molecule has 1 fully saturated rings. The van der Waals surface area contributed by atoms with Gasteiger partial charge in [0.25, 0.3) is 0 Å². The molecular formula is C17H25NO3. The lowest BCUT2D eigenvalue weighted by Crippen LogP contribution is -2.22. The fourth-order valence-corrected chi connectivity index (χ4v) is 2.66. The smallest absolute Gasteiger partial charge is 0.167 e. The van der Waals surface area contributed by atoms with Crippen molar-refractivity contribution in [1.29, 1.82) is 0 Å². The molecule has 1 saturated heterocycles. The Labute approximate surface area is 127 Å². The molecule has 0 unspecified atom stereocenters. The molecule has 4 nitrogen and oxygen atoms in total. The standard InChI is InChI=1S/C17H25NO3/c1-3-20-14-7-8-15(17(13-14)21-4-2)16(19)9-12-18-10-5-6-11-18/h7-8,13H,3-6,9-12H2,1-2H3. The second-order valence-corrected chi connectivity index (χ2v) is 5.25. The third-order valence-corrected chi connectivity index (χ3v) is 3.72. The number of carbonyl (C=O) groups is 1. The van der Waals surface area contributed by atoms with Crippen LogP contribution >= 0.6 is 0 Å². The van der Waals surface area contributed by atoms with Crippen molar-refractivity contribution in [3.05, 3.63) is 23.8 Å². The van der Waals surface area contributed by atoms with E-state index in [0.717, 1.165) is 25.4 Å². The van der Waals surface area contributed by atoms with Gasteiger partial charge in [0.05, 0.1) is 18.8 Å². The van der Waals surface area contributed by atoms with Crippen LogP contribution in [0.15, 0.2) is 18.2 Å². The van der Waals surface area contributed by atoms with Crippen LogP contribution in [0.25, 0.3) is 0 Å². The quantitative estimate of drug-likeness (QED) is 0.690. The number of likely N-dealkylation sites (tertiary alicyclic amines) is 1. The van der Waals surface area contributed by atoms with Crippen molar-refractivity contribution < 1.29 is 14.3 Å². The van der Waals surface area contributed by atoms with Gasteiger partial charge in [-0.3, -0.25) is 4.79 Å². The van der Waals surface area contributed by atoms with Crippen LogP contribution in [0.5, 0.6) is 11.5 Å². The zero-order chi connectivity index (χ0) is 15.1. The van der Waals surface area contributed by atoms with Crippen molar-refractivity contribution in [3.8, 4) is 11.5 Å². The maximum absolute atomic E-state index is 12.4. The van der Waals surface area contributed by atoms with Crippen LogP contribution in [-0.4, -0.2) is 43.5 Å². The molecule has 1 heterocycles. The zero-order valence-corrected chi connectivity index (χ0v) is 13.1. The van der Waals surface area contributed by atoms with Crippen LogP contribution in [0.2, 0.25) is 0 Å². The molecule has 0 radical (unpaired) electrons. The first-order valence-corrected chi connectivity index (χ1v) is 7.89. The molecule has 1 aliphatic rings. The second kappa shape index (κ2) is 8.03. The second-order valence-electron chi connectivity index (χ2n) is 5.25. The topological polar surface area (TPSA) is 38.8 Å². The van der Waals surface area contributed by atoms with E-state index in [1.165, 1.54) is 12.8 Å². The maximum Gasteiger partial charge on any atom is 0.167 e. The van der Waals surface area contributed by atoms with Crippen molar-refractivity contribution in [2.75, 3.05) is 32.8 Å². The summed E-state index contributed by atoms with van der Waals surface area (Å²) in [6.07, 6.45) is 3.05. The predicted molar refractivity (Wildman–Crippen MR) is 83.4 cm³/mol. The maximum atomic E-state index is 12.4. The molecule has 0 saturated carbocycles. The van der Waals surface area contributed by atoms with Gasteiger partial charge in [-0.2, -0.15) is 0 Å². The average Bonchev–Trinajstić information content (AvgIpc) is 2.99. The van der Waals surface area contributed by atoms with Gasteiger partial charge in [0.2, 0.25) is 0 Å². The Hall–Kier alpha value is -1.55. The molecule has 0 aromatic heterocycles. The van der Waals surface area contributed by atoms with Gasteiger partial charge in [-0.15, -0.1) is 0 Å². The van der Waals surface area contributed by atoms with Gasteiger partial charge in [-0.05, 0) is 51.9 Å². The SMILES string of the molecule is CCOc1ccc(C(=O)CCN2CCCC2)c(OCC)c1. The minimum atomic E-state index is 0.147. The number of ether oxygens (including phenoxy) is 2. The number of hydrogen-bond donors (Lipinski definition) is 0. The summed E-state index contributed by atoms with van der Waals surface area (Å²) in [5.74, 6) is 1.53. The van der Waals surface area contributed by atoms with Crippen molar-refractivity contribution >= 4 is 5.78 Å². The predicted octanol–water partition coefficient (Wildman–Crippen LogP) is 3.15. The molecule has 4 heteroatoms. The summed E-state index contributed by atoms with van der Waals surface area (Å²) in [6.45, 7) is 8.10. The Kier molecular flexibility index (Phi) is 6.05. The van der Waals surface area contributed by atoms with Crippen LogP contribution in [0.4, 0.5) is 0 Å². The molecule has 0 atom stereocenters. The van der Waals surface area contributed by atoms with Crippen LogP contribution in [0, 0.1) is 0 Å². The first-order valence-electron chi connectivity index (χ1n) is 7.89. The number of rotatable bonds is 8. The average molecular weight is 291 g/mol. The largest absolute Gasteiger partial charge is 0.494 e. The van der Waals surface area contributed by atoms with Gasteiger partial charge in [-0.25, -0.2) is 0 Å². The van der Waals surface area contributed by atoms with Gasteiger partial charge >= 0.3 is 0 Å². The van der Waals surface area contributed by atoms with Gasteiger partial charge in [0.15, 0.2) is 5.78 Å². The fourth-order valence-electron chi connectivity index (χ4n) is 2.66. The van der Waals surface area contributed by atoms with Crippen molar-refractivity contribution in [3.63, 3.8) is 0 Å². The molecular weight excluding hydrogens is 266 g/mol. The van der Waals surface area contributed by atoms with E-state index in [1.807, 2.05) is 32.0 Å². The van der Waals surface area contributed by atoms with E-state index in [4.69, 9.17) is 9.47 Å². The monoisotopic (exact) mass is 291 g/mol. The fraction of sp³-hybridized carbons (Fsp3) is 0.588. The summed E-state index contributed by atoms with van der Waals surface area (Å²) < 4.78 is 11.1. The van der Waals surface area contributed by atoms with Crippen molar-refractivity contribution in [2.24, 2.45) is 0 Å². The van der Waals surface area contributed by atoms with Crippen LogP contribution in [-0.2, 0) is 0 Å². The minimum absolute atomic E-state index is 0.147. The third kappa shape index (κ3) is 4.46. The van der Waals surface area contributed by atoms with E-state index in [2.05, 4.69) is 4.90 Å². The van der Waals surface area contributed by atoms with Crippen LogP contribution < -0.4 is 9.47 Å². The molecule has 21 heavy (non-hydrogen) atoms. The third-order valence-electron chi connectivity index (χ3n) is 3.72. The van der Waals surface area contributed by atoms with Crippen LogP contribution in [0.1, 0.15) is 43.5 Å². The summed E-state index contributed by atoms with van der Waals surface area (Å²) in [5, 5.41) is 0. The van der Waals surface area contributed by atoms with Gasteiger partial charge in [-0.1, -0.05) is 0 Å². The number of carbonyl (C=O) groups excluding carboxylic acids is 1. The summed E-state index contributed by atoms with van der Waals surface area (Å²) in [4.78, 5) is 14.8. The highest BCUT2D eigenvalue weighted by molar-refractivity contribution is 5.99. The lowest BCUT2D eigenvalue weighted by atomic mass is 10.1. The number of Topliss-reactive ketones (excluding diaryl/α,β-unsaturated/α-hetero) is 1. The highest BCUT2D eigenvalue weighted by atomic mass is 16.5. The summed E-state index contributed by atoms with van der Waals surface area (Å²) in [7, 11) is 0. The Morgan fingerprint density at radius 1 is 1.14 bits per heavy atom. The number of benzene rings is 1. The minimum Gasteiger partial charge on any atom is -0.494 e. The van der Waals surface area contributed by atoms with E-state index in [1.54, 1.807) is 0 Å². The van der Waals surface area contributed by atoms with Gasteiger partial charge in [0, 0.05) is 19.0 Å². The van der Waals surface area contributed by atoms with Gasteiger partial charge < -0.3 is 14.4 Å². The zero-order valence-electron chi connectivity index (χ0n) is 13.1. The molecule has 1 aliphatic heterocycles. The molecule has 0 amide bonds. The normalized spacial score (nSPS) is 15.1. The highest BCUT2D eigenvalue weighted by Crippen LogP contribution is 2.26. The molecule has 116 valence electrons. The van der Waals surface area contributed by atoms with Crippen molar-refractivity contribution in [2.45, 2.75) is 33.1 Å². The molecule has 1 aromatic carbocycles. The van der Waals surface area contributed by atoms with E-state index < -0.39 is 0 Å². The number of ketones is 1. The van der Waals surface area contributed by atoms with E-state index in [9.17, 15) is 4.79 Å². The molecule has 2 rings (SSSR count).